The summed E-state index contributed by atoms with van der Waals surface area (Å²) in [5.74, 6) is 0.695. The van der Waals surface area contributed by atoms with Crippen LogP contribution in [0.25, 0.3) is 10.6 Å². The van der Waals surface area contributed by atoms with E-state index in [1.54, 1.807) is 17.5 Å². The number of nitrogens with zero attached hydrogens (tertiary/aromatic N) is 3. The highest BCUT2D eigenvalue weighted by atomic mass is 35.5. The Labute approximate surface area is 154 Å². The van der Waals surface area contributed by atoms with Gasteiger partial charge in [-0.25, -0.2) is 4.98 Å². The summed E-state index contributed by atoms with van der Waals surface area (Å²) < 4.78 is 5.20. The van der Waals surface area contributed by atoms with Gasteiger partial charge in [0.1, 0.15) is 10.7 Å². The van der Waals surface area contributed by atoms with Crippen molar-refractivity contribution in [2.24, 2.45) is 0 Å². The number of nitrogens with one attached hydrogen (secondary N) is 1. The lowest BCUT2D eigenvalue weighted by Gasteiger charge is -2.10. The normalized spacial score (nSPS) is 11.5. The van der Waals surface area contributed by atoms with Crippen LogP contribution in [0.1, 0.15) is 43.0 Å². The second-order valence-electron chi connectivity index (χ2n) is 6.49. The van der Waals surface area contributed by atoms with Gasteiger partial charge < -0.3 is 9.84 Å². The van der Waals surface area contributed by atoms with Gasteiger partial charge in [0.2, 0.25) is 5.89 Å². The van der Waals surface area contributed by atoms with Crippen LogP contribution in [0.4, 0.5) is 0 Å². The topological polar surface area (TPSA) is 80.9 Å². The van der Waals surface area contributed by atoms with E-state index in [-0.39, 0.29) is 17.9 Å². The van der Waals surface area contributed by atoms with Crippen LogP contribution in [0.3, 0.4) is 0 Å². The molecule has 25 heavy (non-hydrogen) atoms. The monoisotopic (exact) mass is 376 g/mol. The minimum atomic E-state index is -0.279. The molecule has 0 aliphatic carbocycles. The summed E-state index contributed by atoms with van der Waals surface area (Å²) in [5.41, 5.74) is 1.05. The Morgan fingerprint density at radius 2 is 1.96 bits per heavy atom. The molecule has 0 radical (unpaired) electrons. The maximum Gasteiger partial charge on any atom is 0.271 e. The van der Waals surface area contributed by atoms with Gasteiger partial charge in [0.25, 0.3) is 5.91 Å². The molecule has 1 amide bonds. The maximum atomic E-state index is 12.2. The van der Waals surface area contributed by atoms with Crippen LogP contribution in [0, 0.1) is 0 Å². The molecule has 3 aromatic rings. The Kier molecular flexibility index (Phi) is 4.87. The standard InChI is InChI=1S/C17H17ClN4O2S/c1-17(2,3)16-21-13(22-24-16)8-19-14(23)12-9-25-15(20-12)10-4-6-11(18)7-5-10/h4-7,9H,8H2,1-3H3,(H,19,23). The molecule has 0 saturated heterocycles. The zero-order valence-corrected chi connectivity index (χ0v) is 15.6. The summed E-state index contributed by atoms with van der Waals surface area (Å²) >= 11 is 7.28. The van der Waals surface area contributed by atoms with Crippen molar-refractivity contribution in [3.63, 3.8) is 0 Å². The number of benzene rings is 1. The van der Waals surface area contributed by atoms with E-state index in [1.807, 2.05) is 32.9 Å². The Morgan fingerprint density at radius 3 is 2.60 bits per heavy atom. The third-order valence-electron chi connectivity index (χ3n) is 3.34. The summed E-state index contributed by atoms with van der Waals surface area (Å²) in [6.45, 7) is 6.13. The molecular weight excluding hydrogens is 360 g/mol. The number of aromatic nitrogens is 3. The van der Waals surface area contributed by atoms with Crippen LogP contribution in [0.5, 0.6) is 0 Å². The Morgan fingerprint density at radius 1 is 1.24 bits per heavy atom. The van der Waals surface area contributed by atoms with Gasteiger partial charge in [-0.1, -0.05) is 49.7 Å². The molecule has 6 nitrogen and oxygen atoms in total. The lowest BCUT2D eigenvalue weighted by Crippen LogP contribution is -2.23. The van der Waals surface area contributed by atoms with Crippen LogP contribution < -0.4 is 5.32 Å². The number of rotatable bonds is 4. The fraction of sp³-hybridized carbons (Fsp3) is 0.294. The number of carbonyl (C=O) groups is 1. The second-order valence-corrected chi connectivity index (χ2v) is 7.79. The van der Waals surface area contributed by atoms with Crippen LogP contribution in [0.2, 0.25) is 5.02 Å². The van der Waals surface area contributed by atoms with Gasteiger partial charge >= 0.3 is 0 Å². The fourth-order valence-electron chi connectivity index (χ4n) is 1.98. The third-order valence-corrected chi connectivity index (χ3v) is 4.49. The molecule has 130 valence electrons. The molecule has 1 N–H and O–H groups in total. The highest BCUT2D eigenvalue weighted by Crippen LogP contribution is 2.25. The average molecular weight is 377 g/mol. The Hall–Kier alpha value is -2.25. The molecule has 8 heteroatoms. The summed E-state index contributed by atoms with van der Waals surface area (Å²) in [5, 5.41) is 9.77. The Balaban J connectivity index is 1.64. The highest BCUT2D eigenvalue weighted by Gasteiger charge is 2.22. The smallest absolute Gasteiger partial charge is 0.271 e. The number of halogens is 1. The molecule has 0 aliphatic heterocycles. The first-order chi connectivity index (χ1) is 11.8. The lowest BCUT2D eigenvalue weighted by atomic mass is 9.97. The van der Waals surface area contributed by atoms with Gasteiger partial charge in [-0.3, -0.25) is 4.79 Å². The minimum Gasteiger partial charge on any atom is -0.343 e. The molecule has 0 unspecified atom stereocenters. The summed E-state index contributed by atoms with van der Waals surface area (Å²) in [4.78, 5) is 20.9. The molecule has 0 bridgehead atoms. The van der Waals surface area contributed by atoms with Crippen molar-refractivity contribution in [2.75, 3.05) is 0 Å². The van der Waals surface area contributed by atoms with Crippen molar-refractivity contribution >= 4 is 28.8 Å². The first-order valence-corrected chi connectivity index (χ1v) is 8.91. The van der Waals surface area contributed by atoms with Crippen LogP contribution in [-0.2, 0) is 12.0 Å². The summed E-state index contributed by atoms with van der Waals surface area (Å²) in [6, 6.07) is 7.33. The van der Waals surface area contributed by atoms with E-state index in [4.69, 9.17) is 16.1 Å². The largest absolute Gasteiger partial charge is 0.343 e. The van der Waals surface area contributed by atoms with E-state index in [1.165, 1.54) is 11.3 Å². The average Bonchev–Trinajstić information content (AvgIpc) is 3.22. The van der Waals surface area contributed by atoms with Crippen LogP contribution >= 0.6 is 22.9 Å². The number of carbonyl (C=O) groups excluding carboxylic acids is 1. The predicted molar refractivity (Wildman–Crippen MR) is 96.7 cm³/mol. The first kappa shape index (κ1) is 17.6. The van der Waals surface area contributed by atoms with Crippen molar-refractivity contribution in [3.8, 4) is 10.6 Å². The Bertz CT molecular complexity index is 881. The number of thiazole rings is 1. The van der Waals surface area contributed by atoms with Gasteiger partial charge in [0.05, 0.1) is 6.54 Å². The minimum absolute atomic E-state index is 0.187. The second kappa shape index (κ2) is 6.93. The molecular formula is C17H17ClN4O2S. The van der Waals surface area contributed by atoms with E-state index in [0.717, 1.165) is 10.6 Å². The number of hydrogen-bond acceptors (Lipinski definition) is 6. The zero-order valence-electron chi connectivity index (χ0n) is 14.0. The van der Waals surface area contributed by atoms with Gasteiger partial charge in [0.15, 0.2) is 5.82 Å². The lowest BCUT2D eigenvalue weighted by molar-refractivity contribution is 0.0945. The van der Waals surface area contributed by atoms with Gasteiger partial charge in [-0.15, -0.1) is 11.3 Å². The van der Waals surface area contributed by atoms with Crippen molar-refractivity contribution in [1.29, 1.82) is 0 Å². The molecule has 3 rings (SSSR count). The zero-order chi connectivity index (χ0) is 18.0. The molecule has 0 spiro atoms. The molecule has 0 atom stereocenters. The molecule has 2 heterocycles. The SMILES string of the molecule is CC(C)(C)c1nc(CNC(=O)c2csc(-c3ccc(Cl)cc3)n2)no1. The number of hydrogen-bond donors (Lipinski definition) is 1. The highest BCUT2D eigenvalue weighted by molar-refractivity contribution is 7.13. The van der Waals surface area contributed by atoms with E-state index >= 15 is 0 Å². The van der Waals surface area contributed by atoms with E-state index < -0.39 is 0 Å². The van der Waals surface area contributed by atoms with Gasteiger partial charge in [-0.2, -0.15) is 4.98 Å². The molecule has 0 fully saturated rings. The molecule has 1 aromatic carbocycles. The quantitative estimate of drug-likeness (QED) is 0.742. The van der Waals surface area contributed by atoms with Crippen molar-refractivity contribution < 1.29 is 9.32 Å². The predicted octanol–water partition coefficient (Wildman–Crippen LogP) is 4.07. The maximum absolute atomic E-state index is 12.2. The third kappa shape index (κ3) is 4.24. The van der Waals surface area contributed by atoms with E-state index in [2.05, 4.69) is 20.4 Å². The van der Waals surface area contributed by atoms with Crippen molar-refractivity contribution in [1.82, 2.24) is 20.4 Å². The molecule has 2 aromatic heterocycles. The summed E-state index contributed by atoms with van der Waals surface area (Å²) in [6.07, 6.45) is 0. The van der Waals surface area contributed by atoms with Crippen molar-refractivity contribution in [3.05, 3.63) is 52.1 Å². The van der Waals surface area contributed by atoms with Crippen molar-refractivity contribution in [2.45, 2.75) is 32.7 Å². The van der Waals surface area contributed by atoms with Gasteiger partial charge in [0, 0.05) is 21.4 Å². The first-order valence-electron chi connectivity index (χ1n) is 7.65. The molecule has 0 aliphatic rings. The fourth-order valence-corrected chi connectivity index (χ4v) is 2.92. The number of amides is 1. The van der Waals surface area contributed by atoms with E-state index in [9.17, 15) is 4.79 Å². The van der Waals surface area contributed by atoms with E-state index in [0.29, 0.717) is 22.4 Å². The summed E-state index contributed by atoms with van der Waals surface area (Å²) in [7, 11) is 0. The molecule has 0 saturated carbocycles. The van der Waals surface area contributed by atoms with Gasteiger partial charge in [-0.05, 0) is 12.1 Å². The van der Waals surface area contributed by atoms with Crippen LogP contribution in [-0.4, -0.2) is 21.0 Å². The van der Waals surface area contributed by atoms with Crippen LogP contribution in [0.15, 0.2) is 34.2 Å².